The molecule has 7 heteroatoms. The fourth-order valence-electron chi connectivity index (χ4n) is 2.24. The molecule has 1 aromatic rings. The summed E-state index contributed by atoms with van der Waals surface area (Å²) in [6, 6.07) is 6.18. The zero-order chi connectivity index (χ0) is 14.8. The molecule has 1 heterocycles. The highest BCUT2D eigenvalue weighted by Crippen LogP contribution is 2.18. The van der Waals surface area contributed by atoms with Gasteiger partial charge in [0.1, 0.15) is 0 Å². The van der Waals surface area contributed by atoms with Crippen LogP contribution in [0, 0.1) is 0 Å². The number of nitrogens with zero attached hydrogens (tertiary/aromatic N) is 2. The minimum absolute atomic E-state index is 0.0169. The minimum atomic E-state index is -3.51. The van der Waals surface area contributed by atoms with E-state index in [9.17, 15) is 13.2 Å². The summed E-state index contributed by atoms with van der Waals surface area (Å²) in [5, 5.41) is 0. The standard InChI is InChI=1S/C13H19N3O3S/c1-11(17)15-7-2-8-16(10-9-15)20(18,19)13-5-3-12(14)4-6-13/h3-6H,2,7-10,14H2,1H3. The first-order valence-corrected chi connectivity index (χ1v) is 7.96. The lowest BCUT2D eigenvalue weighted by atomic mass is 10.3. The molecule has 1 aromatic carbocycles. The summed E-state index contributed by atoms with van der Waals surface area (Å²) in [6.45, 7) is 3.29. The third-order valence-electron chi connectivity index (χ3n) is 3.42. The van der Waals surface area contributed by atoms with Gasteiger partial charge in [0.2, 0.25) is 15.9 Å². The lowest BCUT2D eigenvalue weighted by Crippen LogP contribution is -2.36. The topological polar surface area (TPSA) is 83.7 Å². The number of carbonyl (C=O) groups excluding carboxylic acids is 1. The SMILES string of the molecule is CC(=O)N1CCCN(S(=O)(=O)c2ccc(N)cc2)CC1. The molecule has 0 atom stereocenters. The molecular weight excluding hydrogens is 278 g/mol. The Kier molecular flexibility index (Phi) is 4.29. The Morgan fingerprint density at radius 2 is 1.75 bits per heavy atom. The van der Waals surface area contributed by atoms with Crippen LogP contribution in [0.3, 0.4) is 0 Å². The van der Waals surface area contributed by atoms with Gasteiger partial charge in [-0.05, 0) is 30.7 Å². The summed E-state index contributed by atoms with van der Waals surface area (Å²) >= 11 is 0. The van der Waals surface area contributed by atoms with E-state index < -0.39 is 10.0 Å². The van der Waals surface area contributed by atoms with Crippen LogP contribution >= 0.6 is 0 Å². The zero-order valence-electron chi connectivity index (χ0n) is 11.4. The molecule has 2 N–H and O–H groups in total. The van der Waals surface area contributed by atoms with Crippen LogP contribution in [-0.2, 0) is 14.8 Å². The van der Waals surface area contributed by atoms with Crippen molar-refractivity contribution in [3.05, 3.63) is 24.3 Å². The molecule has 1 amide bonds. The van der Waals surface area contributed by atoms with Crippen molar-refractivity contribution in [3.63, 3.8) is 0 Å². The molecule has 0 bridgehead atoms. The first-order valence-electron chi connectivity index (χ1n) is 6.52. The molecule has 0 saturated carbocycles. The van der Waals surface area contributed by atoms with Gasteiger partial charge in [0.05, 0.1) is 4.90 Å². The maximum Gasteiger partial charge on any atom is 0.243 e. The maximum absolute atomic E-state index is 12.5. The smallest absolute Gasteiger partial charge is 0.243 e. The van der Waals surface area contributed by atoms with E-state index in [1.165, 1.54) is 23.4 Å². The molecular formula is C13H19N3O3S. The summed E-state index contributed by atoms with van der Waals surface area (Å²) in [6.07, 6.45) is 0.647. The van der Waals surface area contributed by atoms with Crippen LogP contribution in [0.5, 0.6) is 0 Å². The molecule has 110 valence electrons. The molecule has 0 unspecified atom stereocenters. The Bertz CT molecular complexity index is 583. The number of hydrogen-bond donors (Lipinski definition) is 1. The van der Waals surface area contributed by atoms with E-state index in [-0.39, 0.29) is 10.8 Å². The number of nitrogen functional groups attached to an aromatic ring is 1. The fourth-order valence-corrected chi connectivity index (χ4v) is 3.71. The molecule has 6 nitrogen and oxygen atoms in total. The summed E-state index contributed by atoms with van der Waals surface area (Å²) in [5.74, 6) is -0.0169. The molecule has 2 rings (SSSR count). The van der Waals surface area contributed by atoms with Gasteiger partial charge in [0.25, 0.3) is 0 Å². The van der Waals surface area contributed by atoms with E-state index in [4.69, 9.17) is 5.73 Å². The average molecular weight is 297 g/mol. The zero-order valence-corrected chi connectivity index (χ0v) is 12.3. The van der Waals surface area contributed by atoms with Gasteiger partial charge in [0, 0.05) is 38.8 Å². The van der Waals surface area contributed by atoms with Crippen molar-refractivity contribution in [2.24, 2.45) is 0 Å². The third-order valence-corrected chi connectivity index (χ3v) is 5.33. The molecule has 0 aliphatic carbocycles. The van der Waals surface area contributed by atoms with Gasteiger partial charge in [-0.3, -0.25) is 4.79 Å². The number of anilines is 1. The maximum atomic E-state index is 12.5. The van der Waals surface area contributed by atoms with Crippen molar-refractivity contribution < 1.29 is 13.2 Å². The van der Waals surface area contributed by atoms with Crippen molar-refractivity contribution in [3.8, 4) is 0 Å². The van der Waals surface area contributed by atoms with Crippen molar-refractivity contribution in [2.45, 2.75) is 18.2 Å². The van der Waals surface area contributed by atoms with Gasteiger partial charge in [-0.15, -0.1) is 0 Å². The number of benzene rings is 1. The Morgan fingerprint density at radius 3 is 2.35 bits per heavy atom. The highest BCUT2D eigenvalue weighted by atomic mass is 32.2. The summed E-state index contributed by atoms with van der Waals surface area (Å²) in [4.78, 5) is 13.3. The van der Waals surface area contributed by atoms with E-state index in [1.807, 2.05) is 0 Å². The Hall–Kier alpha value is -1.60. The molecule has 0 spiro atoms. The van der Waals surface area contributed by atoms with Crippen LogP contribution < -0.4 is 5.73 Å². The largest absolute Gasteiger partial charge is 0.399 e. The van der Waals surface area contributed by atoms with Crippen LogP contribution in [0.25, 0.3) is 0 Å². The van der Waals surface area contributed by atoms with E-state index in [0.717, 1.165) is 0 Å². The molecule has 20 heavy (non-hydrogen) atoms. The van der Waals surface area contributed by atoms with Crippen molar-refractivity contribution in [1.29, 1.82) is 0 Å². The molecule has 1 aliphatic heterocycles. The molecule has 1 saturated heterocycles. The van der Waals surface area contributed by atoms with Crippen LogP contribution in [0.1, 0.15) is 13.3 Å². The van der Waals surface area contributed by atoms with E-state index in [0.29, 0.717) is 38.3 Å². The number of rotatable bonds is 2. The number of sulfonamides is 1. The predicted molar refractivity (Wildman–Crippen MR) is 76.5 cm³/mol. The van der Waals surface area contributed by atoms with Crippen molar-refractivity contribution >= 4 is 21.6 Å². The van der Waals surface area contributed by atoms with Gasteiger partial charge in [0.15, 0.2) is 0 Å². The number of amides is 1. The van der Waals surface area contributed by atoms with Gasteiger partial charge in [-0.25, -0.2) is 8.42 Å². The van der Waals surface area contributed by atoms with Crippen molar-refractivity contribution in [2.75, 3.05) is 31.9 Å². The number of nitrogens with two attached hydrogens (primary N) is 1. The van der Waals surface area contributed by atoms with Crippen molar-refractivity contribution in [1.82, 2.24) is 9.21 Å². The van der Waals surface area contributed by atoms with Crippen LogP contribution in [0.4, 0.5) is 5.69 Å². The summed E-state index contributed by atoms with van der Waals surface area (Å²) in [7, 11) is -3.51. The monoisotopic (exact) mass is 297 g/mol. The molecule has 0 radical (unpaired) electrons. The Labute approximate surface area is 119 Å². The second-order valence-corrected chi connectivity index (χ2v) is 6.77. The summed E-state index contributed by atoms with van der Waals surface area (Å²) < 4.78 is 26.5. The van der Waals surface area contributed by atoms with Crippen LogP contribution in [0.2, 0.25) is 0 Å². The quantitative estimate of drug-likeness (QED) is 0.806. The number of hydrogen-bond acceptors (Lipinski definition) is 4. The van der Waals surface area contributed by atoms with Gasteiger partial charge >= 0.3 is 0 Å². The molecule has 1 aliphatic rings. The van der Waals surface area contributed by atoms with E-state index in [1.54, 1.807) is 17.0 Å². The van der Waals surface area contributed by atoms with E-state index in [2.05, 4.69) is 0 Å². The van der Waals surface area contributed by atoms with Gasteiger partial charge < -0.3 is 10.6 Å². The predicted octanol–water partition coefficient (Wildman–Crippen LogP) is 0.512. The second kappa shape index (κ2) is 5.80. The normalized spacial score (nSPS) is 17.8. The first-order chi connectivity index (χ1) is 9.41. The Balaban J connectivity index is 2.18. The summed E-state index contributed by atoms with van der Waals surface area (Å²) in [5.41, 5.74) is 6.10. The third kappa shape index (κ3) is 3.10. The highest BCUT2D eigenvalue weighted by Gasteiger charge is 2.27. The molecule has 0 aromatic heterocycles. The average Bonchev–Trinajstić information content (AvgIpc) is 2.65. The first kappa shape index (κ1) is 14.8. The van der Waals surface area contributed by atoms with Crippen LogP contribution in [0.15, 0.2) is 29.2 Å². The lowest BCUT2D eigenvalue weighted by molar-refractivity contribution is -0.128. The molecule has 1 fully saturated rings. The number of carbonyl (C=O) groups is 1. The lowest BCUT2D eigenvalue weighted by Gasteiger charge is -2.21. The fraction of sp³-hybridized carbons (Fsp3) is 0.462. The minimum Gasteiger partial charge on any atom is -0.399 e. The van der Waals surface area contributed by atoms with Gasteiger partial charge in [-0.2, -0.15) is 4.31 Å². The Morgan fingerprint density at radius 1 is 1.10 bits per heavy atom. The van der Waals surface area contributed by atoms with Gasteiger partial charge in [-0.1, -0.05) is 0 Å². The highest BCUT2D eigenvalue weighted by molar-refractivity contribution is 7.89. The van der Waals surface area contributed by atoms with E-state index >= 15 is 0 Å². The second-order valence-electron chi connectivity index (χ2n) is 4.83. The van der Waals surface area contributed by atoms with Crippen LogP contribution in [-0.4, -0.2) is 49.7 Å².